The van der Waals surface area contributed by atoms with Crippen LogP contribution >= 0.6 is 23.2 Å². The first-order valence-corrected chi connectivity index (χ1v) is 14.3. The molecule has 0 aromatic heterocycles. The molecule has 0 radical (unpaired) electrons. The normalized spacial score (nSPS) is 21.7. The van der Waals surface area contributed by atoms with Crippen molar-refractivity contribution in [1.29, 1.82) is 0 Å². The molecule has 0 bridgehead atoms. The van der Waals surface area contributed by atoms with E-state index in [1.807, 2.05) is 0 Å². The molecule has 2 atom stereocenters. The molecule has 41 heavy (non-hydrogen) atoms. The fraction of sp³-hybridized carbons (Fsp3) is 0.360. The molecule has 1 saturated heterocycles. The maximum absolute atomic E-state index is 14.3. The standard InChI is InChI=1S/C25H20Cl2F4N2O7S/c1-12-7-13(19-10-24(40-32-19,25(29,30)31)14-8-17(26)20(28)18(27)9-14)3-4-16(12)21(34)33(22(35)23(36)39-2)15-5-6-41(37,38)11-15/h3-4,7-9,15H,5-6,10-11H2,1-2H3. The van der Waals surface area contributed by atoms with Gasteiger partial charge in [-0.25, -0.2) is 17.6 Å². The SMILES string of the molecule is COC(=O)C(=O)N(C(=O)c1ccc(C2=NOC(c3cc(Cl)c(F)c(Cl)c3)(C(F)(F)F)C2)cc1C)C1CCS(=O)(=O)C1. The summed E-state index contributed by atoms with van der Waals surface area (Å²) in [4.78, 5) is 43.5. The summed E-state index contributed by atoms with van der Waals surface area (Å²) in [6.07, 6.45) is -5.97. The number of imide groups is 1. The number of oxime groups is 1. The summed E-state index contributed by atoms with van der Waals surface area (Å²) in [5.74, 6) is -5.65. The molecular weight excluding hydrogens is 619 g/mol. The number of aryl methyl sites for hydroxylation is 1. The molecule has 16 heteroatoms. The summed E-state index contributed by atoms with van der Waals surface area (Å²) in [7, 11) is -2.64. The van der Waals surface area contributed by atoms with E-state index in [2.05, 4.69) is 9.89 Å². The lowest BCUT2D eigenvalue weighted by Gasteiger charge is -2.29. The highest BCUT2D eigenvalue weighted by Gasteiger charge is 2.62. The zero-order valence-corrected chi connectivity index (χ0v) is 23.5. The van der Waals surface area contributed by atoms with Gasteiger partial charge in [-0.1, -0.05) is 34.4 Å². The number of carbonyl (C=O) groups is 3. The van der Waals surface area contributed by atoms with Crippen LogP contribution in [0.5, 0.6) is 0 Å². The topological polar surface area (TPSA) is 119 Å². The Hall–Kier alpha value is -3.23. The first kappa shape index (κ1) is 30.7. The van der Waals surface area contributed by atoms with E-state index in [4.69, 9.17) is 28.0 Å². The van der Waals surface area contributed by atoms with Crippen LogP contribution in [0.3, 0.4) is 0 Å². The fourth-order valence-electron chi connectivity index (χ4n) is 4.65. The molecule has 0 saturated carbocycles. The van der Waals surface area contributed by atoms with Crippen LogP contribution in [0.2, 0.25) is 10.0 Å². The van der Waals surface area contributed by atoms with Crippen LogP contribution in [0.15, 0.2) is 35.5 Å². The third-order valence-electron chi connectivity index (χ3n) is 6.80. The van der Waals surface area contributed by atoms with E-state index in [-0.39, 0.29) is 34.6 Å². The molecule has 220 valence electrons. The van der Waals surface area contributed by atoms with Crippen LogP contribution < -0.4 is 0 Å². The maximum atomic E-state index is 14.3. The molecule has 2 aliphatic heterocycles. The van der Waals surface area contributed by atoms with E-state index >= 15 is 0 Å². The van der Waals surface area contributed by atoms with Crippen molar-refractivity contribution in [3.63, 3.8) is 0 Å². The Morgan fingerprint density at radius 2 is 1.78 bits per heavy atom. The molecule has 4 rings (SSSR count). The number of benzene rings is 2. The van der Waals surface area contributed by atoms with E-state index in [0.717, 1.165) is 19.2 Å². The van der Waals surface area contributed by atoms with Gasteiger partial charge in [0.05, 0.1) is 40.4 Å². The third kappa shape index (κ3) is 5.64. The highest BCUT2D eigenvalue weighted by atomic mass is 35.5. The highest BCUT2D eigenvalue weighted by Crippen LogP contribution is 2.50. The Bertz CT molecular complexity index is 1570. The minimum atomic E-state index is -5.04. The zero-order valence-electron chi connectivity index (χ0n) is 21.2. The van der Waals surface area contributed by atoms with Crippen molar-refractivity contribution in [2.75, 3.05) is 18.6 Å². The van der Waals surface area contributed by atoms with Crippen molar-refractivity contribution >= 4 is 56.5 Å². The molecule has 1 fully saturated rings. The van der Waals surface area contributed by atoms with Crippen LogP contribution in [0.25, 0.3) is 0 Å². The number of sulfone groups is 1. The number of rotatable bonds is 4. The molecule has 9 nitrogen and oxygen atoms in total. The Morgan fingerprint density at radius 3 is 2.29 bits per heavy atom. The summed E-state index contributed by atoms with van der Waals surface area (Å²) < 4.78 is 85.3. The Balaban J connectivity index is 1.67. The van der Waals surface area contributed by atoms with Crippen LogP contribution in [0.1, 0.15) is 39.9 Å². The van der Waals surface area contributed by atoms with Crippen molar-refractivity contribution in [2.24, 2.45) is 5.16 Å². The molecular formula is C25H20Cl2F4N2O7S. The van der Waals surface area contributed by atoms with Gasteiger partial charge in [-0.2, -0.15) is 13.2 Å². The molecule has 0 N–H and O–H groups in total. The minimum absolute atomic E-state index is 0.0843. The lowest BCUT2D eigenvalue weighted by molar-refractivity contribution is -0.275. The molecule has 2 unspecified atom stereocenters. The molecule has 0 spiro atoms. The summed E-state index contributed by atoms with van der Waals surface area (Å²) in [6, 6.07) is 4.16. The molecule has 2 amide bonds. The van der Waals surface area contributed by atoms with Crippen molar-refractivity contribution in [3.8, 4) is 0 Å². The Morgan fingerprint density at radius 1 is 1.15 bits per heavy atom. The molecule has 2 aromatic rings. The lowest BCUT2D eigenvalue weighted by Crippen LogP contribution is -2.49. The van der Waals surface area contributed by atoms with Gasteiger partial charge in [0.1, 0.15) is 0 Å². The number of halogens is 6. The number of methoxy groups -OCH3 is 1. The number of hydrogen-bond donors (Lipinski definition) is 0. The van der Waals surface area contributed by atoms with Gasteiger partial charge in [-0.05, 0) is 48.7 Å². The van der Waals surface area contributed by atoms with Gasteiger partial charge in [0.25, 0.3) is 11.5 Å². The van der Waals surface area contributed by atoms with Crippen molar-refractivity contribution in [2.45, 2.75) is 37.6 Å². The number of carbonyl (C=O) groups excluding carboxylic acids is 3. The summed E-state index contributed by atoms with van der Waals surface area (Å²) in [5, 5.41) is 2.33. The van der Waals surface area contributed by atoms with Gasteiger partial charge >= 0.3 is 18.1 Å². The number of alkyl halides is 3. The second kappa shape index (κ2) is 10.9. The Kier molecular flexibility index (Phi) is 8.15. The largest absolute Gasteiger partial charge is 0.462 e. The number of nitrogens with zero attached hydrogens (tertiary/aromatic N) is 2. The average Bonchev–Trinajstić information content (AvgIpc) is 3.50. The van der Waals surface area contributed by atoms with E-state index in [0.29, 0.717) is 4.90 Å². The smallest absolute Gasteiger partial charge is 0.435 e. The summed E-state index contributed by atoms with van der Waals surface area (Å²) in [5.41, 5.74) is -3.61. The molecule has 0 aliphatic carbocycles. The zero-order chi connectivity index (χ0) is 30.5. The van der Waals surface area contributed by atoms with Crippen LogP contribution in [0, 0.1) is 12.7 Å². The van der Waals surface area contributed by atoms with Gasteiger partial charge in [-0.15, -0.1) is 0 Å². The lowest BCUT2D eigenvalue weighted by atomic mass is 9.86. The van der Waals surface area contributed by atoms with Gasteiger partial charge < -0.3 is 9.57 Å². The summed E-state index contributed by atoms with van der Waals surface area (Å²) in [6.45, 7) is 1.43. The molecule has 2 heterocycles. The quantitative estimate of drug-likeness (QED) is 0.211. The monoisotopic (exact) mass is 638 g/mol. The predicted molar refractivity (Wildman–Crippen MR) is 138 cm³/mol. The van der Waals surface area contributed by atoms with Crippen molar-refractivity contribution < 1.29 is 49.9 Å². The fourth-order valence-corrected chi connectivity index (χ4v) is 6.84. The first-order chi connectivity index (χ1) is 19.0. The molecule has 2 aromatic carbocycles. The van der Waals surface area contributed by atoms with Gasteiger partial charge in [-0.3, -0.25) is 14.5 Å². The second-order valence-electron chi connectivity index (χ2n) is 9.44. The molecule has 2 aliphatic rings. The van der Waals surface area contributed by atoms with E-state index in [9.17, 15) is 40.4 Å². The minimum Gasteiger partial charge on any atom is -0.462 e. The predicted octanol–water partition coefficient (Wildman–Crippen LogP) is 4.35. The third-order valence-corrected chi connectivity index (χ3v) is 9.10. The summed E-state index contributed by atoms with van der Waals surface area (Å²) >= 11 is 11.5. The van der Waals surface area contributed by atoms with E-state index < -0.39 is 79.0 Å². The first-order valence-electron chi connectivity index (χ1n) is 11.8. The van der Waals surface area contributed by atoms with E-state index in [1.165, 1.54) is 25.1 Å². The van der Waals surface area contributed by atoms with Crippen LogP contribution in [0.4, 0.5) is 17.6 Å². The number of ether oxygens (including phenoxy) is 1. The van der Waals surface area contributed by atoms with E-state index in [1.54, 1.807) is 0 Å². The van der Waals surface area contributed by atoms with Crippen LogP contribution in [-0.2, 0) is 34.6 Å². The second-order valence-corrected chi connectivity index (χ2v) is 12.5. The maximum Gasteiger partial charge on any atom is 0.435 e. The number of esters is 1. The Labute approximate surface area is 240 Å². The van der Waals surface area contributed by atoms with Crippen molar-refractivity contribution in [3.05, 3.63) is 68.4 Å². The number of amides is 2. The average molecular weight is 639 g/mol. The van der Waals surface area contributed by atoms with Crippen molar-refractivity contribution in [1.82, 2.24) is 4.90 Å². The number of hydrogen-bond acceptors (Lipinski definition) is 8. The van der Waals surface area contributed by atoms with Crippen LogP contribution in [-0.4, -0.2) is 67.6 Å². The van der Waals surface area contributed by atoms with Gasteiger partial charge in [0.15, 0.2) is 15.7 Å². The van der Waals surface area contributed by atoms with Gasteiger partial charge in [0.2, 0.25) is 0 Å². The van der Waals surface area contributed by atoms with Gasteiger partial charge in [0, 0.05) is 17.5 Å². The highest BCUT2D eigenvalue weighted by molar-refractivity contribution is 7.91.